The van der Waals surface area contributed by atoms with Gasteiger partial charge in [0, 0.05) is 5.02 Å². The zero-order valence-electron chi connectivity index (χ0n) is 9.47. The van der Waals surface area contributed by atoms with Crippen molar-refractivity contribution in [1.82, 2.24) is 4.31 Å². The van der Waals surface area contributed by atoms with E-state index in [1.807, 2.05) is 0 Å². The summed E-state index contributed by atoms with van der Waals surface area (Å²) in [5.74, 6) is -1.16. The topological polar surface area (TPSA) is 111 Å². The number of anilines is 1. The van der Waals surface area contributed by atoms with E-state index in [0.717, 1.165) is 12.1 Å². The van der Waals surface area contributed by atoms with Crippen LogP contribution in [0.15, 0.2) is 17.0 Å². The van der Waals surface area contributed by atoms with Gasteiger partial charge in [-0.1, -0.05) is 11.6 Å². The van der Waals surface area contributed by atoms with E-state index in [1.54, 1.807) is 12.1 Å². The number of nitrogens with two attached hydrogens (primary N) is 1. The van der Waals surface area contributed by atoms with Crippen LogP contribution in [0.1, 0.15) is 0 Å². The molecule has 0 aromatic heterocycles. The second kappa shape index (κ2) is 5.85. The molecule has 1 aromatic carbocycles. The number of nitriles is 2. The number of rotatable bonds is 4. The normalized spacial score (nSPS) is 11.0. The molecule has 0 unspecified atom stereocenters. The van der Waals surface area contributed by atoms with E-state index in [-0.39, 0.29) is 5.02 Å². The van der Waals surface area contributed by atoms with Gasteiger partial charge in [-0.15, -0.1) is 0 Å². The van der Waals surface area contributed by atoms with Gasteiger partial charge in [-0.3, -0.25) is 0 Å². The maximum Gasteiger partial charge on any atom is 0.248 e. The zero-order valence-corrected chi connectivity index (χ0v) is 11.0. The number of hydrogen-bond donors (Lipinski definition) is 1. The van der Waals surface area contributed by atoms with Crippen LogP contribution >= 0.6 is 11.6 Å². The Labute approximate surface area is 114 Å². The van der Waals surface area contributed by atoms with Crippen LogP contribution < -0.4 is 5.73 Å². The van der Waals surface area contributed by atoms with Gasteiger partial charge in [0.1, 0.15) is 18.0 Å². The summed E-state index contributed by atoms with van der Waals surface area (Å²) < 4.78 is 38.5. The van der Waals surface area contributed by atoms with Crippen LogP contribution in [0.2, 0.25) is 5.02 Å². The van der Waals surface area contributed by atoms with Crippen LogP contribution in [-0.2, 0) is 10.0 Å². The molecule has 0 fully saturated rings. The lowest BCUT2D eigenvalue weighted by molar-refractivity contribution is 0.472. The summed E-state index contributed by atoms with van der Waals surface area (Å²) in [6.07, 6.45) is 0. The van der Waals surface area contributed by atoms with Gasteiger partial charge in [0.25, 0.3) is 0 Å². The lowest BCUT2D eigenvalue weighted by Crippen LogP contribution is -2.32. The third kappa shape index (κ3) is 3.12. The van der Waals surface area contributed by atoms with Gasteiger partial charge < -0.3 is 5.73 Å². The molecule has 0 amide bonds. The van der Waals surface area contributed by atoms with Gasteiger partial charge in [0.2, 0.25) is 10.0 Å². The molecule has 100 valence electrons. The number of nitrogen functional groups attached to an aromatic ring is 1. The van der Waals surface area contributed by atoms with E-state index in [2.05, 4.69) is 0 Å². The summed E-state index contributed by atoms with van der Waals surface area (Å²) in [6, 6.07) is 5.12. The molecule has 19 heavy (non-hydrogen) atoms. The summed E-state index contributed by atoms with van der Waals surface area (Å²) in [4.78, 5) is -0.761. The molecule has 9 heteroatoms. The van der Waals surface area contributed by atoms with Crippen molar-refractivity contribution in [2.75, 3.05) is 18.8 Å². The molecule has 0 aliphatic heterocycles. The molecule has 0 atom stereocenters. The van der Waals surface area contributed by atoms with E-state index >= 15 is 0 Å². The first-order chi connectivity index (χ1) is 8.84. The first-order valence-corrected chi connectivity index (χ1v) is 6.65. The summed E-state index contributed by atoms with van der Waals surface area (Å²) >= 11 is 5.63. The van der Waals surface area contributed by atoms with Gasteiger partial charge in [0.15, 0.2) is 5.82 Å². The maximum absolute atomic E-state index is 13.8. The fraction of sp³-hybridized carbons (Fsp3) is 0.200. The highest BCUT2D eigenvalue weighted by Gasteiger charge is 2.28. The van der Waals surface area contributed by atoms with Crippen molar-refractivity contribution >= 4 is 27.3 Å². The quantitative estimate of drug-likeness (QED) is 0.661. The molecular weight excluding hydrogens is 295 g/mol. The SMILES string of the molecule is N#CCN(CC#N)S(=O)(=O)c1cc(Cl)cc(N)c1F. The molecule has 0 radical (unpaired) electrons. The Morgan fingerprint density at radius 2 is 1.84 bits per heavy atom. The summed E-state index contributed by atoms with van der Waals surface area (Å²) in [6.45, 7) is -1.16. The Morgan fingerprint density at radius 1 is 1.32 bits per heavy atom. The first kappa shape index (κ1) is 15.2. The number of benzene rings is 1. The van der Waals surface area contributed by atoms with Crippen LogP contribution in [-0.4, -0.2) is 25.8 Å². The summed E-state index contributed by atoms with van der Waals surface area (Å²) in [5.41, 5.74) is 4.86. The van der Waals surface area contributed by atoms with Crippen LogP contribution in [0.4, 0.5) is 10.1 Å². The highest BCUT2D eigenvalue weighted by atomic mass is 35.5. The van der Waals surface area contributed by atoms with Crippen LogP contribution in [0, 0.1) is 28.5 Å². The van der Waals surface area contributed by atoms with E-state index in [1.165, 1.54) is 0 Å². The zero-order chi connectivity index (χ0) is 14.6. The molecule has 6 nitrogen and oxygen atoms in total. The standard InChI is InChI=1S/C10H8ClFN4O2S/c11-7-5-8(15)10(12)9(6-7)19(17,18)16(3-1-13)4-2-14/h5-6H,3-4,15H2. The third-order valence-corrected chi connectivity index (χ3v) is 4.15. The minimum Gasteiger partial charge on any atom is -0.396 e. The van der Waals surface area contributed by atoms with Gasteiger partial charge >= 0.3 is 0 Å². The largest absolute Gasteiger partial charge is 0.396 e. The molecule has 0 spiro atoms. The Balaban J connectivity index is 3.43. The van der Waals surface area contributed by atoms with E-state index in [0.29, 0.717) is 4.31 Å². The second-order valence-electron chi connectivity index (χ2n) is 3.40. The molecule has 0 saturated heterocycles. The number of sulfonamides is 1. The molecule has 0 saturated carbocycles. The molecule has 2 N–H and O–H groups in total. The van der Waals surface area contributed by atoms with Gasteiger partial charge in [-0.25, -0.2) is 12.8 Å². The summed E-state index contributed by atoms with van der Waals surface area (Å²) in [7, 11) is -4.35. The van der Waals surface area contributed by atoms with Crippen LogP contribution in [0.5, 0.6) is 0 Å². The van der Waals surface area contributed by atoms with Crippen molar-refractivity contribution in [2.24, 2.45) is 0 Å². The fourth-order valence-corrected chi connectivity index (χ4v) is 2.94. The van der Waals surface area contributed by atoms with Gasteiger partial charge in [0.05, 0.1) is 17.8 Å². The Kier molecular flexibility index (Phi) is 4.67. The predicted octanol–water partition coefficient (Wildman–Crippen LogP) is 1.10. The Hall–Kier alpha value is -1.87. The van der Waals surface area contributed by atoms with Crippen molar-refractivity contribution in [3.05, 3.63) is 23.0 Å². The molecule has 0 aliphatic carbocycles. The monoisotopic (exact) mass is 302 g/mol. The lowest BCUT2D eigenvalue weighted by Gasteiger charge is -2.17. The smallest absolute Gasteiger partial charge is 0.248 e. The van der Waals surface area contributed by atoms with Gasteiger partial charge in [-0.05, 0) is 12.1 Å². The number of nitrogens with zero attached hydrogens (tertiary/aromatic N) is 3. The van der Waals surface area contributed by atoms with Crippen molar-refractivity contribution in [3.63, 3.8) is 0 Å². The third-order valence-electron chi connectivity index (χ3n) is 2.14. The Morgan fingerprint density at radius 3 is 2.32 bits per heavy atom. The van der Waals surface area contributed by atoms with E-state index in [4.69, 9.17) is 27.9 Å². The molecule has 1 rings (SSSR count). The first-order valence-electron chi connectivity index (χ1n) is 4.83. The molecule has 1 aromatic rings. The van der Waals surface area contributed by atoms with Crippen LogP contribution in [0.25, 0.3) is 0 Å². The molecule has 0 bridgehead atoms. The maximum atomic E-state index is 13.8. The average molecular weight is 303 g/mol. The molecular formula is C10H8ClFN4O2S. The molecule has 0 aliphatic rings. The second-order valence-corrected chi connectivity index (χ2v) is 5.74. The highest BCUT2D eigenvalue weighted by molar-refractivity contribution is 7.89. The highest BCUT2D eigenvalue weighted by Crippen LogP contribution is 2.27. The molecule has 0 heterocycles. The predicted molar refractivity (Wildman–Crippen MR) is 65.8 cm³/mol. The van der Waals surface area contributed by atoms with Crippen molar-refractivity contribution in [3.8, 4) is 12.1 Å². The number of halogens is 2. The number of hydrogen-bond acceptors (Lipinski definition) is 5. The van der Waals surface area contributed by atoms with Crippen LogP contribution in [0.3, 0.4) is 0 Å². The van der Waals surface area contributed by atoms with Crippen molar-refractivity contribution in [1.29, 1.82) is 10.5 Å². The van der Waals surface area contributed by atoms with E-state index in [9.17, 15) is 12.8 Å². The van der Waals surface area contributed by atoms with Crippen molar-refractivity contribution in [2.45, 2.75) is 4.90 Å². The van der Waals surface area contributed by atoms with Crippen molar-refractivity contribution < 1.29 is 12.8 Å². The summed E-state index contributed by atoms with van der Waals surface area (Å²) in [5, 5.41) is 17.0. The van der Waals surface area contributed by atoms with E-state index < -0.39 is 39.5 Å². The average Bonchev–Trinajstić information content (AvgIpc) is 2.33. The van der Waals surface area contributed by atoms with Gasteiger partial charge in [-0.2, -0.15) is 14.8 Å². The fourth-order valence-electron chi connectivity index (χ4n) is 1.29. The Bertz CT molecular complexity index is 662. The lowest BCUT2D eigenvalue weighted by atomic mass is 10.3. The minimum absolute atomic E-state index is 0.0636. The minimum atomic E-state index is -4.35.